The summed E-state index contributed by atoms with van der Waals surface area (Å²) in [6, 6.07) is 5.01. The molecule has 0 spiro atoms. The second-order valence-corrected chi connectivity index (χ2v) is 18.9. The van der Waals surface area contributed by atoms with Gasteiger partial charge in [-0.25, -0.2) is 18.5 Å². The molecule has 1 aliphatic rings. The van der Waals surface area contributed by atoms with Crippen LogP contribution < -0.4 is 5.73 Å². The molecule has 6 nitrogen and oxygen atoms in total. The summed E-state index contributed by atoms with van der Waals surface area (Å²) in [5.41, 5.74) is 4.40. The number of carbonyl (C=O) groups is 1. The molecule has 10 heteroatoms. The first kappa shape index (κ1) is 29.7. The number of amidine groups is 1. The molecule has 198 valence electrons. The molecule has 1 aromatic rings. The zero-order valence-corrected chi connectivity index (χ0v) is 24.3. The summed E-state index contributed by atoms with van der Waals surface area (Å²) < 4.78 is 40.2. The van der Waals surface area contributed by atoms with Crippen molar-refractivity contribution in [3.8, 4) is 0 Å². The van der Waals surface area contributed by atoms with E-state index in [1.807, 2.05) is 13.8 Å². The maximum atomic E-state index is 15.0. The van der Waals surface area contributed by atoms with Gasteiger partial charge in [-0.15, -0.1) is 0 Å². The minimum Gasteiger partial charge on any atom is -0.443 e. The van der Waals surface area contributed by atoms with Gasteiger partial charge in [-0.05, 0) is 46.7 Å². The summed E-state index contributed by atoms with van der Waals surface area (Å²) in [7, 11) is -1.34. The van der Waals surface area contributed by atoms with Gasteiger partial charge in [0, 0.05) is 37.5 Å². The molecule has 0 aromatic heterocycles. The lowest BCUT2D eigenvalue weighted by molar-refractivity contribution is 0.0108. The molecule has 0 bridgehead atoms. The van der Waals surface area contributed by atoms with E-state index in [1.165, 1.54) is 28.8 Å². The largest absolute Gasteiger partial charge is 0.443 e. The second kappa shape index (κ2) is 10.9. The van der Waals surface area contributed by atoms with E-state index in [1.54, 1.807) is 27.7 Å². The van der Waals surface area contributed by atoms with Crippen LogP contribution in [0.1, 0.15) is 47.1 Å². The van der Waals surface area contributed by atoms with Crippen molar-refractivity contribution in [3.05, 3.63) is 35.4 Å². The smallest absolute Gasteiger partial charge is 0.418 e. The highest BCUT2D eigenvalue weighted by Crippen LogP contribution is 2.51. The van der Waals surface area contributed by atoms with E-state index < -0.39 is 41.7 Å². The van der Waals surface area contributed by atoms with Crippen LogP contribution in [0, 0.1) is 17.6 Å². The molecule has 3 atom stereocenters. The van der Waals surface area contributed by atoms with Crippen molar-refractivity contribution in [1.29, 1.82) is 0 Å². The Balaban J connectivity index is 2.56. The normalized spacial score (nSPS) is 25.3. The van der Waals surface area contributed by atoms with Crippen LogP contribution in [0.25, 0.3) is 0 Å². The van der Waals surface area contributed by atoms with Crippen molar-refractivity contribution in [2.45, 2.75) is 83.1 Å². The Morgan fingerprint density at radius 2 is 1.89 bits per heavy atom. The number of aliphatic imine (C=N–C) groups is 1. The zero-order chi connectivity index (χ0) is 26.8. The van der Waals surface area contributed by atoms with Gasteiger partial charge in [0.05, 0.1) is 5.54 Å². The van der Waals surface area contributed by atoms with Crippen LogP contribution in [0.15, 0.2) is 23.2 Å². The summed E-state index contributed by atoms with van der Waals surface area (Å²) in [5, 5.41) is 0.310. The number of amides is 1. The van der Waals surface area contributed by atoms with Gasteiger partial charge in [-0.3, -0.25) is 4.99 Å². The fraction of sp³-hybridized carbons (Fsp3) is 0.680. The van der Waals surface area contributed by atoms with Gasteiger partial charge in [0.1, 0.15) is 12.3 Å². The van der Waals surface area contributed by atoms with E-state index >= 15 is 4.39 Å². The number of rotatable bonds is 7. The van der Waals surface area contributed by atoms with Crippen LogP contribution >= 0.6 is 11.8 Å². The van der Waals surface area contributed by atoms with Gasteiger partial charge in [-0.1, -0.05) is 50.5 Å². The van der Waals surface area contributed by atoms with Gasteiger partial charge >= 0.3 is 6.09 Å². The number of carbonyl (C=O) groups excluding carboxylic acids is 1. The van der Waals surface area contributed by atoms with Crippen LogP contribution in [-0.2, 0) is 15.0 Å². The van der Waals surface area contributed by atoms with Crippen molar-refractivity contribution in [3.63, 3.8) is 0 Å². The van der Waals surface area contributed by atoms with Crippen molar-refractivity contribution >= 4 is 31.1 Å². The standard InChI is InChI=1S/C25H41F2N3O3SSi/c1-17-24(5,15-28)34-21(29-25(17,6)18-11-10-12-19(26)20(18)27)30(22(31)33-23(2,3)4)16-32-13-14-35(7,8)9/h10-12,17H,13-16,28H2,1-9H3/t17?,24-,25+/m1/s1. The summed E-state index contributed by atoms with van der Waals surface area (Å²) >= 11 is 1.34. The molecule has 0 saturated heterocycles. The van der Waals surface area contributed by atoms with Crippen LogP contribution in [-0.4, -0.2) is 54.5 Å². The molecule has 2 N–H and O–H groups in total. The topological polar surface area (TPSA) is 77.1 Å². The van der Waals surface area contributed by atoms with E-state index in [4.69, 9.17) is 20.2 Å². The highest BCUT2D eigenvalue weighted by molar-refractivity contribution is 8.15. The third-order valence-electron chi connectivity index (χ3n) is 6.38. The van der Waals surface area contributed by atoms with E-state index in [9.17, 15) is 9.18 Å². The van der Waals surface area contributed by atoms with Crippen LogP contribution in [0.4, 0.5) is 13.6 Å². The Bertz CT molecular complexity index is 951. The molecular formula is C25H41F2N3O3SSi. The lowest BCUT2D eigenvalue weighted by Crippen LogP contribution is -2.54. The Morgan fingerprint density at radius 1 is 1.26 bits per heavy atom. The highest BCUT2D eigenvalue weighted by Gasteiger charge is 2.51. The van der Waals surface area contributed by atoms with Crippen molar-refractivity contribution in [2.75, 3.05) is 19.9 Å². The zero-order valence-electron chi connectivity index (χ0n) is 22.5. The predicted octanol–water partition coefficient (Wildman–Crippen LogP) is 6.19. The first-order chi connectivity index (χ1) is 15.9. The quantitative estimate of drug-likeness (QED) is 0.259. The Hall–Kier alpha value is -1.49. The van der Waals surface area contributed by atoms with Gasteiger partial charge in [0.25, 0.3) is 0 Å². The predicted molar refractivity (Wildman–Crippen MR) is 142 cm³/mol. The number of thioether (sulfide) groups is 1. The molecule has 1 aliphatic heterocycles. The Morgan fingerprint density at radius 3 is 2.43 bits per heavy atom. The fourth-order valence-electron chi connectivity index (χ4n) is 3.77. The van der Waals surface area contributed by atoms with Crippen molar-refractivity contribution in [2.24, 2.45) is 16.6 Å². The lowest BCUT2D eigenvalue weighted by Gasteiger charge is -2.48. The monoisotopic (exact) mass is 529 g/mol. The van der Waals surface area contributed by atoms with Crippen LogP contribution in [0.2, 0.25) is 25.7 Å². The molecule has 0 saturated carbocycles. The minimum atomic E-state index is -1.34. The molecule has 0 aliphatic carbocycles. The third kappa shape index (κ3) is 7.27. The maximum Gasteiger partial charge on any atom is 0.418 e. The van der Waals surface area contributed by atoms with Crippen LogP contribution in [0.5, 0.6) is 0 Å². The molecule has 2 rings (SSSR count). The number of halogens is 2. The van der Waals surface area contributed by atoms with E-state index in [-0.39, 0.29) is 24.8 Å². The van der Waals surface area contributed by atoms with Crippen molar-refractivity contribution < 1.29 is 23.0 Å². The number of hydrogen-bond donors (Lipinski definition) is 1. The first-order valence-corrected chi connectivity index (χ1v) is 16.5. The Kier molecular flexibility index (Phi) is 9.23. The molecule has 1 heterocycles. The second-order valence-electron chi connectivity index (χ2n) is 11.7. The number of hydrogen-bond acceptors (Lipinski definition) is 6. The molecular weight excluding hydrogens is 488 g/mol. The highest BCUT2D eigenvalue weighted by atomic mass is 32.2. The van der Waals surface area contributed by atoms with Gasteiger partial charge in [0.15, 0.2) is 16.8 Å². The minimum absolute atomic E-state index is 0.0675. The summed E-state index contributed by atoms with van der Waals surface area (Å²) in [6.07, 6.45) is -0.618. The average molecular weight is 530 g/mol. The summed E-state index contributed by atoms with van der Waals surface area (Å²) in [5.74, 6) is -2.18. The van der Waals surface area contributed by atoms with E-state index in [2.05, 4.69) is 19.6 Å². The SMILES string of the molecule is CC1[C@@](C)(CN)SC(N(COCC[Si](C)(C)C)C(=O)OC(C)(C)C)=N[C@]1(C)c1cccc(F)c1F. The summed E-state index contributed by atoms with van der Waals surface area (Å²) in [4.78, 5) is 19.5. The number of nitrogens with two attached hydrogens (primary N) is 1. The average Bonchev–Trinajstić information content (AvgIpc) is 2.71. The molecule has 0 fully saturated rings. The molecule has 0 radical (unpaired) electrons. The first-order valence-electron chi connectivity index (χ1n) is 12.0. The number of ether oxygens (including phenoxy) is 2. The maximum absolute atomic E-state index is 15.0. The van der Waals surface area contributed by atoms with Gasteiger partial charge in [-0.2, -0.15) is 0 Å². The number of benzene rings is 1. The van der Waals surface area contributed by atoms with Crippen LogP contribution in [0.3, 0.4) is 0 Å². The molecule has 1 unspecified atom stereocenters. The van der Waals surface area contributed by atoms with E-state index in [0.717, 1.165) is 12.1 Å². The summed E-state index contributed by atoms with van der Waals surface area (Å²) in [6.45, 7) is 18.4. The Labute approximate surface area is 214 Å². The molecule has 35 heavy (non-hydrogen) atoms. The number of nitrogens with zero attached hydrogens (tertiary/aromatic N) is 2. The van der Waals surface area contributed by atoms with Crippen molar-refractivity contribution in [1.82, 2.24) is 4.90 Å². The van der Waals surface area contributed by atoms with E-state index in [0.29, 0.717) is 11.8 Å². The molecule has 1 amide bonds. The molecule has 1 aromatic carbocycles. The fourth-order valence-corrected chi connectivity index (χ4v) is 5.91. The lowest BCUT2D eigenvalue weighted by atomic mass is 9.74. The van der Waals surface area contributed by atoms with Gasteiger partial charge < -0.3 is 15.2 Å². The van der Waals surface area contributed by atoms with Gasteiger partial charge in [0.2, 0.25) is 0 Å². The third-order valence-corrected chi connectivity index (χ3v) is 9.56.